The highest BCUT2D eigenvalue weighted by molar-refractivity contribution is 5.79. The topological polar surface area (TPSA) is 76.4 Å². The standard InChI is InChI=1S/C22H34N6O/c1-4-23-22(24-13-11-18-10-9-17(2)19(16-18)29-3)25-14-12-21-27-26-20-8-6-5-7-15-28(20)21/h9-10,16H,4-8,11-15H2,1-3H3,(H2,23,24,25). The van der Waals surface area contributed by atoms with E-state index < -0.39 is 0 Å². The normalized spacial score (nSPS) is 14.2. The van der Waals surface area contributed by atoms with Crippen molar-refractivity contribution in [1.29, 1.82) is 0 Å². The smallest absolute Gasteiger partial charge is 0.191 e. The fourth-order valence-electron chi connectivity index (χ4n) is 3.68. The zero-order valence-electron chi connectivity index (χ0n) is 18.0. The maximum absolute atomic E-state index is 5.42. The lowest BCUT2D eigenvalue weighted by molar-refractivity contribution is 0.411. The molecule has 7 heteroatoms. The minimum Gasteiger partial charge on any atom is -0.496 e. The van der Waals surface area contributed by atoms with Crippen molar-refractivity contribution in [3.63, 3.8) is 0 Å². The summed E-state index contributed by atoms with van der Waals surface area (Å²) in [5.74, 6) is 3.99. The number of rotatable bonds is 8. The fourth-order valence-corrected chi connectivity index (χ4v) is 3.68. The van der Waals surface area contributed by atoms with E-state index >= 15 is 0 Å². The number of methoxy groups -OCH3 is 1. The second-order valence-electron chi connectivity index (χ2n) is 7.49. The first-order valence-corrected chi connectivity index (χ1v) is 10.8. The molecule has 0 unspecified atom stereocenters. The molecule has 0 aliphatic carbocycles. The van der Waals surface area contributed by atoms with Gasteiger partial charge in [0.2, 0.25) is 0 Å². The van der Waals surface area contributed by atoms with E-state index in [-0.39, 0.29) is 0 Å². The summed E-state index contributed by atoms with van der Waals surface area (Å²) in [7, 11) is 1.72. The highest BCUT2D eigenvalue weighted by Gasteiger charge is 2.14. The van der Waals surface area contributed by atoms with Crippen LogP contribution < -0.4 is 15.4 Å². The van der Waals surface area contributed by atoms with Crippen LogP contribution in [0.4, 0.5) is 0 Å². The molecule has 158 valence electrons. The molecule has 1 aromatic heterocycles. The van der Waals surface area contributed by atoms with Crippen molar-refractivity contribution in [3.8, 4) is 5.75 Å². The molecule has 0 saturated heterocycles. The molecule has 1 aromatic carbocycles. The maximum atomic E-state index is 5.42. The number of hydrogen-bond acceptors (Lipinski definition) is 4. The van der Waals surface area contributed by atoms with Crippen molar-refractivity contribution < 1.29 is 4.74 Å². The molecule has 2 heterocycles. The van der Waals surface area contributed by atoms with Gasteiger partial charge < -0.3 is 19.9 Å². The van der Waals surface area contributed by atoms with Gasteiger partial charge in [-0.2, -0.15) is 0 Å². The minimum absolute atomic E-state index is 0.700. The van der Waals surface area contributed by atoms with E-state index in [1.54, 1.807) is 7.11 Å². The Morgan fingerprint density at radius 3 is 2.90 bits per heavy atom. The molecule has 0 amide bonds. The van der Waals surface area contributed by atoms with E-state index in [0.717, 1.165) is 67.8 Å². The van der Waals surface area contributed by atoms with Crippen molar-refractivity contribution in [1.82, 2.24) is 25.4 Å². The molecule has 0 atom stereocenters. The summed E-state index contributed by atoms with van der Waals surface area (Å²) in [6.07, 6.45) is 6.50. The largest absolute Gasteiger partial charge is 0.496 e. The highest BCUT2D eigenvalue weighted by atomic mass is 16.5. The van der Waals surface area contributed by atoms with E-state index in [9.17, 15) is 0 Å². The molecule has 1 aliphatic rings. The Balaban J connectivity index is 1.51. The van der Waals surface area contributed by atoms with Gasteiger partial charge in [0, 0.05) is 39.0 Å². The lowest BCUT2D eigenvalue weighted by Crippen LogP contribution is -2.38. The van der Waals surface area contributed by atoms with Crippen LogP contribution in [-0.4, -0.2) is 47.5 Å². The van der Waals surface area contributed by atoms with Crippen LogP contribution in [0.5, 0.6) is 5.75 Å². The average molecular weight is 399 g/mol. The van der Waals surface area contributed by atoms with Gasteiger partial charge in [0.05, 0.1) is 7.11 Å². The second kappa shape index (κ2) is 10.8. The van der Waals surface area contributed by atoms with Crippen LogP contribution in [0.1, 0.15) is 49.0 Å². The molecule has 1 aliphatic heterocycles. The van der Waals surface area contributed by atoms with Crippen LogP contribution in [0.2, 0.25) is 0 Å². The Labute approximate surface area is 174 Å². The van der Waals surface area contributed by atoms with Crippen molar-refractivity contribution in [2.45, 2.75) is 58.9 Å². The number of nitrogens with zero attached hydrogens (tertiary/aromatic N) is 4. The molecule has 2 aromatic rings. The average Bonchev–Trinajstić information content (AvgIpc) is 2.95. The molecule has 0 fully saturated rings. The van der Waals surface area contributed by atoms with E-state index in [2.05, 4.69) is 57.4 Å². The van der Waals surface area contributed by atoms with E-state index in [1.807, 2.05) is 0 Å². The molecular weight excluding hydrogens is 364 g/mol. The van der Waals surface area contributed by atoms with Crippen LogP contribution >= 0.6 is 0 Å². The molecule has 3 rings (SSSR count). The Morgan fingerprint density at radius 1 is 1.17 bits per heavy atom. The van der Waals surface area contributed by atoms with Crippen molar-refractivity contribution in [2.75, 3.05) is 26.7 Å². The zero-order valence-corrected chi connectivity index (χ0v) is 18.0. The molecular formula is C22H34N6O. The summed E-state index contributed by atoms with van der Waals surface area (Å²) >= 11 is 0. The first-order chi connectivity index (χ1) is 14.2. The number of guanidine groups is 1. The van der Waals surface area contributed by atoms with Gasteiger partial charge in [0.25, 0.3) is 0 Å². The maximum Gasteiger partial charge on any atom is 0.191 e. The van der Waals surface area contributed by atoms with Crippen LogP contribution in [0, 0.1) is 6.92 Å². The number of fused-ring (bicyclic) bond motifs is 1. The van der Waals surface area contributed by atoms with E-state index in [0.29, 0.717) is 6.54 Å². The fraction of sp³-hybridized carbons (Fsp3) is 0.591. The predicted molar refractivity (Wildman–Crippen MR) is 117 cm³/mol. The van der Waals surface area contributed by atoms with Gasteiger partial charge in [-0.05, 0) is 50.3 Å². The van der Waals surface area contributed by atoms with Gasteiger partial charge in [0.1, 0.15) is 17.4 Å². The lowest BCUT2D eigenvalue weighted by Gasteiger charge is -2.12. The van der Waals surface area contributed by atoms with Crippen molar-refractivity contribution in [3.05, 3.63) is 41.0 Å². The summed E-state index contributed by atoms with van der Waals surface area (Å²) < 4.78 is 7.72. The number of aromatic nitrogens is 3. The van der Waals surface area contributed by atoms with Gasteiger partial charge in [-0.1, -0.05) is 18.6 Å². The molecule has 0 radical (unpaired) electrons. The number of aliphatic imine (C=N–C) groups is 1. The summed E-state index contributed by atoms with van der Waals surface area (Å²) in [6.45, 7) is 7.54. The Hall–Kier alpha value is -2.57. The second-order valence-corrected chi connectivity index (χ2v) is 7.49. The summed E-state index contributed by atoms with van der Waals surface area (Å²) in [6, 6.07) is 6.37. The molecule has 2 N–H and O–H groups in total. The highest BCUT2D eigenvalue weighted by Crippen LogP contribution is 2.19. The van der Waals surface area contributed by atoms with Gasteiger partial charge in [-0.3, -0.25) is 4.99 Å². The third-order valence-corrected chi connectivity index (χ3v) is 5.31. The SMILES string of the molecule is CCNC(=NCCc1nnc2n1CCCCC2)NCCc1ccc(C)c(OC)c1. The summed E-state index contributed by atoms with van der Waals surface area (Å²) in [5, 5.41) is 15.5. The van der Waals surface area contributed by atoms with Crippen LogP contribution in [0.15, 0.2) is 23.2 Å². The third-order valence-electron chi connectivity index (χ3n) is 5.31. The quantitative estimate of drug-likeness (QED) is 0.528. The van der Waals surface area contributed by atoms with Crippen molar-refractivity contribution in [2.24, 2.45) is 4.99 Å². The summed E-state index contributed by atoms with van der Waals surface area (Å²) in [4.78, 5) is 4.73. The predicted octanol–water partition coefficient (Wildman–Crippen LogP) is 2.66. The first kappa shape index (κ1) is 21.1. The Morgan fingerprint density at radius 2 is 2.07 bits per heavy atom. The number of ether oxygens (including phenoxy) is 1. The molecule has 0 spiro atoms. The zero-order chi connectivity index (χ0) is 20.5. The third kappa shape index (κ3) is 5.95. The minimum atomic E-state index is 0.700. The number of nitrogens with one attached hydrogen (secondary N) is 2. The van der Waals surface area contributed by atoms with Crippen LogP contribution in [0.3, 0.4) is 0 Å². The lowest BCUT2D eigenvalue weighted by atomic mass is 10.1. The molecule has 0 saturated carbocycles. The van der Waals surface area contributed by atoms with Crippen LogP contribution in [-0.2, 0) is 25.8 Å². The van der Waals surface area contributed by atoms with Gasteiger partial charge in [0.15, 0.2) is 5.96 Å². The van der Waals surface area contributed by atoms with Gasteiger partial charge in [-0.25, -0.2) is 0 Å². The Bertz CT molecular complexity index is 814. The van der Waals surface area contributed by atoms with Crippen LogP contribution in [0.25, 0.3) is 0 Å². The molecule has 7 nitrogen and oxygen atoms in total. The molecule has 29 heavy (non-hydrogen) atoms. The molecule has 0 bridgehead atoms. The number of hydrogen-bond donors (Lipinski definition) is 2. The number of aryl methyl sites for hydroxylation is 2. The number of benzene rings is 1. The van der Waals surface area contributed by atoms with Gasteiger partial charge in [-0.15, -0.1) is 10.2 Å². The van der Waals surface area contributed by atoms with E-state index in [1.165, 1.54) is 24.8 Å². The summed E-state index contributed by atoms with van der Waals surface area (Å²) in [5.41, 5.74) is 2.41. The van der Waals surface area contributed by atoms with Crippen molar-refractivity contribution >= 4 is 5.96 Å². The van der Waals surface area contributed by atoms with E-state index in [4.69, 9.17) is 9.73 Å². The Kier molecular flexibility index (Phi) is 7.90. The monoisotopic (exact) mass is 398 g/mol. The van der Waals surface area contributed by atoms with Gasteiger partial charge >= 0.3 is 0 Å². The first-order valence-electron chi connectivity index (χ1n) is 10.8.